The molecule has 3 heterocycles. The molecule has 1 spiro atoms. The number of likely N-dealkylation sites (tertiary alicyclic amines) is 1. The molecule has 2 unspecified atom stereocenters. The topological polar surface area (TPSA) is 108 Å². The average molecular weight is 526 g/mol. The molecule has 3 fully saturated rings. The van der Waals surface area contributed by atoms with E-state index in [2.05, 4.69) is 10.6 Å². The van der Waals surface area contributed by atoms with Gasteiger partial charge >= 0.3 is 0 Å². The third kappa shape index (κ3) is 4.11. The quantitative estimate of drug-likeness (QED) is 0.491. The van der Waals surface area contributed by atoms with E-state index in [1.807, 2.05) is 44.2 Å². The predicted octanol–water partition coefficient (Wildman–Crippen LogP) is 3.13. The van der Waals surface area contributed by atoms with Gasteiger partial charge in [-0.3, -0.25) is 14.4 Å². The molecule has 0 aromatic heterocycles. The van der Waals surface area contributed by atoms with Crippen LogP contribution in [0.3, 0.4) is 0 Å². The van der Waals surface area contributed by atoms with Crippen LogP contribution in [0.25, 0.3) is 0 Å². The Bertz CT molecular complexity index is 1210. The molecular formula is C28H32ClN3O5. The standard InChI is InChI=1S/C28H32ClN3O5/c1-3-18(16-33)32-23(25(35)31-20-12-8-7-11-19(20)29)28-14-13-27(2,37-28)21(22(28)26(32)36)24(34)30-15-17-9-5-4-6-10-17/h4-12,18,21-23,33H,3,13-16H2,1-2H3,(H,30,34)(H,31,35)/t18-,21-,22-,23?,27+,28?/m0/s1. The number of ether oxygens (including phenoxy) is 1. The van der Waals surface area contributed by atoms with Gasteiger partial charge in [-0.15, -0.1) is 0 Å². The molecule has 9 heteroatoms. The van der Waals surface area contributed by atoms with Crippen molar-refractivity contribution in [3.8, 4) is 0 Å². The minimum Gasteiger partial charge on any atom is -0.394 e. The van der Waals surface area contributed by atoms with Gasteiger partial charge in [-0.05, 0) is 43.9 Å². The number of hydrogen-bond donors (Lipinski definition) is 3. The smallest absolute Gasteiger partial charge is 0.250 e. The van der Waals surface area contributed by atoms with E-state index in [4.69, 9.17) is 16.3 Å². The highest BCUT2D eigenvalue weighted by molar-refractivity contribution is 6.33. The SMILES string of the molecule is CC[C@@H](CO)N1C(=O)[C@@H]2[C@@H](C(=O)NCc3ccccc3)[C@@]3(C)CCC2(O3)C1C(=O)Nc1ccccc1Cl. The van der Waals surface area contributed by atoms with Crippen LogP contribution in [0.4, 0.5) is 5.69 Å². The maximum atomic E-state index is 14.0. The maximum absolute atomic E-state index is 14.0. The van der Waals surface area contributed by atoms with Gasteiger partial charge in [0, 0.05) is 6.54 Å². The number of benzene rings is 2. The first-order valence-electron chi connectivity index (χ1n) is 12.8. The van der Waals surface area contributed by atoms with E-state index in [0.29, 0.717) is 36.5 Å². The molecule has 3 N–H and O–H groups in total. The summed E-state index contributed by atoms with van der Waals surface area (Å²) in [7, 11) is 0. The number of amides is 3. The minimum absolute atomic E-state index is 0.268. The summed E-state index contributed by atoms with van der Waals surface area (Å²) < 4.78 is 6.60. The number of carbonyl (C=O) groups is 3. The molecule has 2 aromatic rings. The molecule has 8 nitrogen and oxygen atoms in total. The molecule has 196 valence electrons. The van der Waals surface area contributed by atoms with Crippen LogP contribution in [0.15, 0.2) is 54.6 Å². The summed E-state index contributed by atoms with van der Waals surface area (Å²) in [6.45, 7) is 3.74. The Hall–Kier alpha value is -2.94. The van der Waals surface area contributed by atoms with Crippen LogP contribution in [0, 0.1) is 11.8 Å². The summed E-state index contributed by atoms with van der Waals surface area (Å²) in [5, 5.41) is 16.4. The van der Waals surface area contributed by atoms with E-state index >= 15 is 0 Å². The van der Waals surface area contributed by atoms with Gasteiger partial charge in [-0.2, -0.15) is 0 Å². The summed E-state index contributed by atoms with van der Waals surface area (Å²) in [6, 6.07) is 14.8. The van der Waals surface area contributed by atoms with Gasteiger partial charge in [-0.1, -0.05) is 61.0 Å². The lowest BCUT2D eigenvalue weighted by Gasteiger charge is -2.36. The van der Waals surface area contributed by atoms with Crippen LogP contribution in [-0.2, 0) is 25.7 Å². The Morgan fingerprint density at radius 2 is 1.84 bits per heavy atom. The number of aliphatic hydroxyl groups excluding tert-OH is 1. The van der Waals surface area contributed by atoms with E-state index in [9.17, 15) is 19.5 Å². The van der Waals surface area contributed by atoms with E-state index in [1.165, 1.54) is 4.90 Å². The molecule has 3 amide bonds. The first kappa shape index (κ1) is 25.7. The summed E-state index contributed by atoms with van der Waals surface area (Å²) in [6.07, 6.45) is 1.45. The average Bonchev–Trinajstić information content (AvgIpc) is 3.46. The number of carbonyl (C=O) groups excluding carboxylic acids is 3. The largest absolute Gasteiger partial charge is 0.394 e. The Morgan fingerprint density at radius 1 is 1.14 bits per heavy atom. The molecule has 2 aromatic carbocycles. The monoisotopic (exact) mass is 525 g/mol. The minimum atomic E-state index is -1.17. The zero-order valence-corrected chi connectivity index (χ0v) is 21.7. The highest BCUT2D eigenvalue weighted by atomic mass is 35.5. The first-order chi connectivity index (χ1) is 17.8. The number of fused-ring (bicyclic) bond motifs is 1. The van der Waals surface area contributed by atoms with Gasteiger partial charge in [0.05, 0.1) is 40.8 Å². The van der Waals surface area contributed by atoms with Crippen molar-refractivity contribution in [2.24, 2.45) is 11.8 Å². The van der Waals surface area contributed by atoms with Gasteiger partial charge in [0.1, 0.15) is 11.6 Å². The van der Waals surface area contributed by atoms with Crippen LogP contribution in [0.2, 0.25) is 5.02 Å². The molecule has 6 atom stereocenters. The van der Waals surface area contributed by atoms with E-state index < -0.39 is 41.0 Å². The van der Waals surface area contributed by atoms with Crippen LogP contribution < -0.4 is 10.6 Å². The Kier molecular flexibility index (Phi) is 6.77. The highest BCUT2D eigenvalue weighted by Crippen LogP contribution is 2.63. The van der Waals surface area contributed by atoms with Crippen molar-refractivity contribution in [2.45, 2.75) is 62.9 Å². The Morgan fingerprint density at radius 3 is 2.51 bits per heavy atom. The third-order valence-electron chi connectivity index (χ3n) is 8.26. The highest BCUT2D eigenvalue weighted by Gasteiger charge is 2.78. The molecular weight excluding hydrogens is 494 g/mol. The van der Waals surface area contributed by atoms with Crippen molar-refractivity contribution in [3.05, 3.63) is 65.2 Å². The van der Waals surface area contributed by atoms with Crippen molar-refractivity contribution in [2.75, 3.05) is 11.9 Å². The zero-order valence-electron chi connectivity index (χ0n) is 20.9. The van der Waals surface area contributed by atoms with E-state index in [-0.39, 0.29) is 18.4 Å². The Labute approximate surface area is 221 Å². The second-order valence-corrected chi connectivity index (χ2v) is 10.8. The van der Waals surface area contributed by atoms with Crippen LogP contribution >= 0.6 is 11.6 Å². The van der Waals surface area contributed by atoms with Crippen LogP contribution in [0.5, 0.6) is 0 Å². The lowest BCUT2D eigenvalue weighted by molar-refractivity contribution is -0.148. The summed E-state index contributed by atoms with van der Waals surface area (Å²) in [5.41, 5.74) is -0.678. The number of hydrogen-bond acceptors (Lipinski definition) is 5. The molecule has 5 rings (SSSR count). The number of para-hydroxylation sites is 1. The summed E-state index contributed by atoms with van der Waals surface area (Å²) in [5.74, 6) is -2.62. The molecule has 3 aliphatic heterocycles. The fourth-order valence-electron chi connectivity index (χ4n) is 6.53. The van der Waals surface area contributed by atoms with Crippen LogP contribution in [0.1, 0.15) is 38.7 Å². The number of nitrogens with zero attached hydrogens (tertiary/aromatic N) is 1. The van der Waals surface area contributed by atoms with Gasteiger partial charge in [0.25, 0.3) is 0 Å². The molecule has 3 saturated heterocycles. The lowest BCUT2D eigenvalue weighted by Crippen LogP contribution is -2.56. The van der Waals surface area contributed by atoms with Crippen molar-refractivity contribution in [1.29, 1.82) is 0 Å². The van der Waals surface area contributed by atoms with E-state index in [1.54, 1.807) is 24.3 Å². The number of halogens is 1. The fraction of sp³-hybridized carbons (Fsp3) is 0.464. The second kappa shape index (κ2) is 9.74. The molecule has 0 saturated carbocycles. The number of nitrogens with one attached hydrogen (secondary N) is 2. The Balaban J connectivity index is 1.49. The van der Waals surface area contributed by atoms with Crippen molar-refractivity contribution in [1.82, 2.24) is 10.2 Å². The van der Waals surface area contributed by atoms with Gasteiger partial charge in [0.15, 0.2) is 0 Å². The van der Waals surface area contributed by atoms with E-state index in [0.717, 1.165) is 5.56 Å². The van der Waals surface area contributed by atoms with Crippen molar-refractivity contribution < 1.29 is 24.2 Å². The lowest BCUT2D eigenvalue weighted by atomic mass is 9.66. The van der Waals surface area contributed by atoms with Gasteiger partial charge in [0.2, 0.25) is 17.7 Å². The normalized spacial score (nSPS) is 30.8. The number of anilines is 1. The summed E-state index contributed by atoms with van der Waals surface area (Å²) in [4.78, 5) is 43.0. The predicted molar refractivity (Wildman–Crippen MR) is 139 cm³/mol. The first-order valence-corrected chi connectivity index (χ1v) is 13.1. The molecule has 2 bridgehead atoms. The van der Waals surface area contributed by atoms with Crippen molar-refractivity contribution >= 4 is 35.0 Å². The fourth-order valence-corrected chi connectivity index (χ4v) is 6.71. The molecule has 0 aliphatic carbocycles. The van der Waals surface area contributed by atoms with Crippen LogP contribution in [-0.4, -0.2) is 57.6 Å². The molecule has 0 radical (unpaired) electrons. The molecule has 3 aliphatic rings. The van der Waals surface area contributed by atoms with Gasteiger partial charge < -0.3 is 25.4 Å². The molecule has 37 heavy (non-hydrogen) atoms. The van der Waals surface area contributed by atoms with Gasteiger partial charge in [-0.25, -0.2) is 0 Å². The maximum Gasteiger partial charge on any atom is 0.250 e. The number of aliphatic hydroxyl groups is 1. The second-order valence-electron chi connectivity index (χ2n) is 10.4. The summed E-state index contributed by atoms with van der Waals surface area (Å²) >= 11 is 6.30. The van der Waals surface area contributed by atoms with Crippen molar-refractivity contribution in [3.63, 3.8) is 0 Å². The number of rotatable bonds is 8. The third-order valence-corrected chi connectivity index (χ3v) is 8.59. The zero-order chi connectivity index (χ0) is 26.4.